The van der Waals surface area contributed by atoms with Crippen molar-refractivity contribution < 1.29 is 9.63 Å². The molecular weight excluding hydrogens is 258 g/mol. The highest BCUT2D eigenvalue weighted by molar-refractivity contribution is 6.00. The number of aromatic nitrogens is 2. The monoisotopic (exact) mass is 273 g/mol. The number of nitrogens with two attached hydrogens (primary N) is 2. The van der Waals surface area contributed by atoms with Gasteiger partial charge in [-0.2, -0.15) is 5.10 Å². The zero-order valence-electron chi connectivity index (χ0n) is 11.2. The average Bonchev–Trinajstić information content (AvgIpc) is 2.85. The standard InChI is InChI=1S/C13H15N5O2/c1-8-10(4-3-5-11(8)14)12(15)17-20-13(19)9-6-16-18(2)7-9/h3-7H,14H2,1-2H3,(H2,15,17). The summed E-state index contributed by atoms with van der Waals surface area (Å²) in [5.41, 5.74) is 13.9. The van der Waals surface area contributed by atoms with Gasteiger partial charge in [-0.25, -0.2) is 4.79 Å². The largest absolute Gasteiger partial charge is 0.398 e. The first kappa shape index (κ1) is 13.6. The summed E-state index contributed by atoms with van der Waals surface area (Å²) in [6, 6.07) is 5.26. The van der Waals surface area contributed by atoms with Crippen molar-refractivity contribution in [3.8, 4) is 0 Å². The van der Waals surface area contributed by atoms with Gasteiger partial charge in [0.15, 0.2) is 5.84 Å². The van der Waals surface area contributed by atoms with E-state index < -0.39 is 5.97 Å². The number of anilines is 1. The second-order valence-electron chi connectivity index (χ2n) is 4.28. The molecule has 0 bridgehead atoms. The predicted molar refractivity (Wildman–Crippen MR) is 74.9 cm³/mol. The molecule has 0 spiro atoms. The fraction of sp³-hybridized carbons (Fsp3) is 0.154. The molecule has 1 aromatic carbocycles. The van der Waals surface area contributed by atoms with E-state index in [1.54, 1.807) is 25.2 Å². The highest BCUT2D eigenvalue weighted by Gasteiger charge is 2.11. The lowest BCUT2D eigenvalue weighted by Gasteiger charge is -2.06. The normalized spacial score (nSPS) is 11.4. The van der Waals surface area contributed by atoms with E-state index in [0.717, 1.165) is 5.56 Å². The molecule has 104 valence electrons. The first-order valence-electron chi connectivity index (χ1n) is 5.88. The van der Waals surface area contributed by atoms with E-state index in [0.29, 0.717) is 16.8 Å². The Morgan fingerprint density at radius 1 is 1.45 bits per heavy atom. The summed E-state index contributed by atoms with van der Waals surface area (Å²) < 4.78 is 1.49. The maximum absolute atomic E-state index is 11.7. The highest BCUT2D eigenvalue weighted by atomic mass is 16.7. The fourth-order valence-electron chi connectivity index (χ4n) is 1.65. The summed E-state index contributed by atoms with van der Waals surface area (Å²) >= 11 is 0. The molecule has 0 aliphatic heterocycles. The van der Waals surface area contributed by atoms with Crippen molar-refractivity contribution in [2.24, 2.45) is 17.9 Å². The summed E-state index contributed by atoms with van der Waals surface area (Å²) in [6.45, 7) is 1.82. The minimum atomic E-state index is -0.623. The van der Waals surface area contributed by atoms with Crippen molar-refractivity contribution in [3.05, 3.63) is 47.3 Å². The summed E-state index contributed by atoms with van der Waals surface area (Å²) in [7, 11) is 1.70. The van der Waals surface area contributed by atoms with Gasteiger partial charge in [0.2, 0.25) is 0 Å². The van der Waals surface area contributed by atoms with E-state index in [9.17, 15) is 4.79 Å². The molecule has 0 atom stereocenters. The van der Waals surface area contributed by atoms with Crippen molar-refractivity contribution in [1.29, 1.82) is 0 Å². The number of nitrogen functional groups attached to an aromatic ring is 1. The number of benzene rings is 1. The van der Waals surface area contributed by atoms with Crippen LogP contribution < -0.4 is 11.5 Å². The molecule has 1 heterocycles. The molecule has 0 aliphatic carbocycles. The third-order valence-electron chi connectivity index (χ3n) is 2.82. The molecule has 0 fully saturated rings. The second kappa shape index (κ2) is 5.43. The molecule has 4 N–H and O–H groups in total. The number of hydrogen-bond acceptors (Lipinski definition) is 5. The molecule has 0 saturated carbocycles. The number of rotatable bonds is 3. The van der Waals surface area contributed by atoms with Gasteiger partial charge in [0.05, 0.1) is 11.8 Å². The Morgan fingerprint density at radius 2 is 2.20 bits per heavy atom. The van der Waals surface area contributed by atoms with E-state index in [4.69, 9.17) is 16.3 Å². The third-order valence-corrected chi connectivity index (χ3v) is 2.82. The van der Waals surface area contributed by atoms with Gasteiger partial charge in [-0.3, -0.25) is 4.68 Å². The molecule has 20 heavy (non-hydrogen) atoms. The Morgan fingerprint density at radius 3 is 2.85 bits per heavy atom. The number of aryl methyl sites for hydroxylation is 1. The molecule has 2 rings (SSSR count). The Labute approximate surface area is 115 Å². The van der Waals surface area contributed by atoms with E-state index in [-0.39, 0.29) is 5.84 Å². The molecule has 0 aliphatic rings. The van der Waals surface area contributed by atoms with Gasteiger partial charge in [0, 0.05) is 24.5 Å². The first-order valence-corrected chi connectivity index (χ1v) is 5.88. The Balaban J connectivity index is 2.15. The van der Waals surface area contributed by atoms with Crippen LogP contribution in [-0.4, -0.2) is 21.6 Å². The highest BCUT2D eigenvalue weighted by Crippen LogP contribution is 2.15. The van der Waals surface area contributed by atoms with Crippen molar-refractivity contribution in [3.63, 3.8) is 0 Å². The number of nitrogens with zero attached hydrogens (tertiary/aromatic N) is 3. The molecule has 1 aromatic heterocycles. The van der Waals surface area contributed by atoms with Gasteiger partial charge < -0.3 is 16.3 Å². The van der Waals surface area contributed by atoms with Crippen LogP contribution in [0.4, 0.5) is 5.69 Å². The lowest BCUT2D eigenvalue weighted by Crippen LogP contribution is -2.17. The zero-order valence-corrected chi connectivity index (χ0v) is 11.2. The zero-order chi connectivity index (χ0) is 14.7. The average molecular weight is 273 g/mol. The van der Waals surface area contributed by atoms with Crippen molar-refractivity contribution in [2.75, 3.05) is 5.73 Å². The fourth-order valence-corrected chi connectivity index (χ4v) is 1.65. The SMILES string of the molecule is Cc1c(N)cccc1/C(N)=N/OC(=O)c1cnn(C)c1. The third kappa shape index (κ3) is 2.77. The van der Waals surface area contributed by atoms with Crippen LogP contribution in [0.3, 0.4) is 0 Å². The second-order valence-corrected chi connectivity index (χ2v) is 4.28. The number of carbonyl (C=O) groups excluding carboxylic acids is 1. The molecule has 0 unspecified atom stereocenters. The molecule has 0 radical (unpaired) electrons. The van der Waals surface area contributed by atoms with Gasteiger partial charge in [0.25, 0.3) is 0 Å². The molecule has 0 saturated heterocycles. The van der Waals surface area contributed by atoms with Crippen molar-refractivity contribution in [1.82, 2.24) is 9.78 Å². The topological polar surface area (TPSA) is 109 Å². The van der Waals surface area contributed by atoms with E-state index >= 15 is 0 Å². The van der Waals surface area contributed by atoms with Crippen LogP contribution in [0.2, 0.25) is 0 Å². The molecule has 7 heteroatoms. The number of oxime groups is 1. The van der Waals surface area contributed by atoms with Gasteiger partial charge in [-0.15, -0.1) is 0 Å². The smallest absolute Gasteiger partial charge is 0.368 e. The van der Waals surface area contributed by atoms with Crippen molar-refractivity contribution in [2.45, 2.75) is 6.92 Å². The summed E-state index contributed by atoms with van der Waals surface area (Å²) in [5.74, 6) is -0.533. The minimum absolute atomic E-state index is 0.0899. The molecule has 2 aromatic rings. The Hall–Kier alpha value is -2.83. The van der Waals surface area contributed by atoms with Crippen LogP contribution in [0.5, 0.6) is 0 Å². The lowest BCUT2D eigenvalue weighted by atomic mass is 10.1. The maximum atomic E-state index is 11.7. The van der Waals surface area contributed by atoms with Crippen molar-refractivity contribution >= 4 is 17.5 Å². The molecular formula is C13H15N5O2. The number of amidine groups is 1. The number of hydrogen-bond donors (Lipinski definition) is 2. The van der Waals surface area contributed by atoms with Gasteiger partial charge in [-0.05, 0) is 18.6 Å². The van der Waals surface area contributed by atoms with E-state index in [1.165, 1.54) is 17.1 Å². The maximum Gasteiger partial charge on any atom is 0.368 e. The quantitative estimate of drug-likeness (QED) is 0.282. The van der Waals surface area contributed by atoms with Crippen LogP contribution in [-0.2, 0) is 11.9 Å². The number of carbonyl (C=O) groups is 1. The predicted octanol–water partition coefficient (Wildman–Crippen LogP) is 0.788. The molecule has 7 nitrogen and oxygen atoms in total. The summed E-state index contributed by atoms with van der Waals surface area (Å²) in [4.78, 5) is 16.5. The first-order chi connectivity index (χ1) is 9.49. The van der Waals surface area contributed by atoms with Crippen LogP contribution >= 0.6 is 0 Å². The van der Waals surface area contributed by atoms with Crippen LogP contribution in [0.15, 0.2) is 35.7 Å². The van der Waals surface area contributed by atoms with Gasteiger partial charge >= 0.3 is 5.97 Å². The summed E-state index contributed by atoms with van der Waals surface area (Å²) in [6.07, 6.45) is 2.92. The van der Waals surface area contributed by atoms with Gasteiger partial charge in [-0.1, -0.05) is 17.3 Å². The Bertz CT molecular complexity index is 675. The van der Waals surface area contributed by atoms with Crippen LogP contribution in [0.1, 0.15) is 21.5 Å². The van der Waals surface area contributed by atoms with Crippen LogP contribution in [0.25, 0.3) is 0 Å². The Kier molecular flexibility index (Phi) is 3.69. The van der Waals surface area contributed by atoms with Crippen LogP contribution in [0, 0.1) is 6.92 Å². The minimum Gasteiger partial charge on any atom is -0.398 e. The van der Waals surface area contributed by atoms with Gasteiger partial charge in [0.1, 0.15) is 0 Å². The van der Waals surface area contributed by atoms with E-state index in [1.807, 2.05) is 6.92 Å². The summed E-state index contributed by atoms with van der Waals surface area (Å²) in [5, 5.41) is 7.50. The van der Waals surface area contributed by atoms with E-state index in [2.05, 4.69) is 10.3 Å². The molecule has 0 amide bonds. The lowest BCUT2D eigenvalue weighted by molar-refractivity contribution is 0.0516.